The molecule has 0 bridgehead atoms. The van der Waals surface area contributed by atoms with Gasteiger partial charge in [-0.3, -0.25) is 4.79 Å². The molecule has 2 aromatic rings. The van der Waals surface area contributed by atoms with E-state index in [-0.39, 0.29) is 17.9 Å². The summed E-state index contributed by atoms with van der Waals surface area (Å²) >= 11 is 0. The predicted octanol–water partition coefficient (Wildman–Crippen LogP) is 2.48. The Labute approximate surface area is 135 Å². The zero-order chi connectivity index (χ0) is 16.6. The van der Waals surface area contributed by atoms with Gasteiger partial charge in [0.15, 0.2) is 12.1 Å². The van der Waals surface area contributed by atoms with E-state index >= 15 is 0 Å². The molecule has 1 aliphatic rings. The van der Waals surface area contributed by atoms with Crippen molar-refractivity contribution in [3.05, 3.63) is 29.5 Å². The van der Waals surface area contributed by atoms with Gasteiger partial charge in [-0.1, -0.05) is 13.8 Å². The molecule has 0 aliphatic carbocycles. The molecule has 2 aromatic heterocycles. The fraction of sp³-hybridized carbons (Fsp3) is 0.625. The quantitative estimate of drug-likeness (QED) is 0.869. The topological polar surface area (TPSA) is 77.0 Å². The molecule has 0 spiro atoms. The highest BCUT2D eigenvalue weighted by Gasteiger charge is 2.30. The van der Waals surface area contributed by atoms with Crippen LogP contribution in [0.3, 0.4) is 0 Å². The van der Waals surface area contributed by atoms with Gasteiger partial charge in [-0.2, -0.15) is 5.10 Å². The molecule has 124 valence electrons. The van der Waals surface area contributed by atoms with Crippen LogP contribution in [0.25, 0.3) is 0 Å². The summed E-state index contributed by atoms with van der Waals surface area (Å²) in [7, 11) is 0. The normalized spacial score (nSPS) is 18.7. The SMILES string of the molecule is Cc1nc(C)n([C@@H]2CCCN(C(=O)c3ncoc3C(C)C)C2)n1. The van der Waals surface area contributed by atoms with E-state index in [9.17, 15) is 4.79 Å². The minimum atomic E-state index is -0.0540. The van der Waals surface area contributed by atoms with E-state index in [2.05, 4.69) is 15.1 Å². The van der Waals surface area contributed by atoms with E-state index < -0.39 is 0 Å². The first-order valence-corrected chi connectivity index (χ1v) is 8.09. The summed E-state index contributed by atoms with van der Waals surface area (Å²) in [6.07, 6.45) is 3.31. The zero-order valence-corrected chi connectivity index (χ0v) is 14.1. The molecule has 7 heteroatoms. The number of piperidine rings is 1. The Morgan fingerprint density at radius 1 is 1.39 bits per heavy atom. The number of carbonyl (C=O) groups excluding carboxylic acids is 1. The van der Waals surface area contributed by atoms with E-state index in [1.54, 1.807) is 0 Å². The summed E-state index contributed by atoms with van der Waals surface area (Å²) in [5.74, 6) is 2.40. The lowest BCUT2D eigenvalue weighted by Crippen LogP contribution is -2.41. The molecule has 7 nitrogen and oxygen atoms in total. The highest BCUT2D eigenvalue weighted by Crippen LogP contribution is 2.25. The van der Waals surface area contributed by atoms with E-state index in [0.717, 1.165) is 31.0 Å². The minimum Gasteiger partial charge on any atom is -0.447 e. The predicted molar refractivity (Wildman–Crippen MR) is 84.3 cm³/mol. The van der Waals surface area contributed by atoms with Gasteiger partial charge in [0.05, 0.1) is 6.04 Å². The van der Waals surface area contributed by atoms with Crippen molar-refractivity contribution >= 4 is 5.91 Å². The second-order valence-electron chi connectivity index (χ2n) is 6.42. The average molecular weight is 317 g/mol. The van der Waals surface area contributed by atoms with Crippen LogP contribution in [0, 0.1) is 13.8 Å². The number of aromatic nitrogens is 4. The molecule has 0 saturated carbocycles. The number of oxazole rings is 1. The summed E-state index contributed by atoms with van der Waals surface area (Å²) in [5, 5.41) is 4.47. The average Bonchev–Trinajstić information content (AvgIpc) is 3.13. The minimum absolute atomic E-state index is 0.0540. The van der Waals surface area contributed by atoms with E-state index in [1.807, 2.05) is 37.3 Å². The first kappa shape index (κ1) is 15.7. The molecule has 1 saturated heterocycles. The molecular formula is C16H23N5O2. The van der Waals surface area contributed by atoms with E-state index in [0.29, 0.717) is 18.0 Å². The Kier molecular flexibility index (Phi) is 4.19. The number of aryl methyl sites for hydroxylation is 2. The monoisotopic (exact) mass is 317 g/mol. The molecule has 0 unspecified atom stereocenters. The molecule has 3 heterocycles. The summed E-state index contributed by atoms with van der Waals surface area (Å²) in [5.41, 5.74) is 0.437. The molecule has 0 radical (unpaired) electrons. The van der Waals surface area contributed by atoms with Crippen LogP contribution >= 0.6 is 0 Å². The van der Waals surface area contributed by atoms with Crippen LogP contribution in [0.1, 0.15) is 66.5 Å². The van der Waals surface area contributed by atoms with Crippen LogP contribution in [0.5, 0.6) is 0 Å². The van der Waals surface area contributed by atoms with Crippen molar-refractivity contribution < 1.29 is 9.21 Å². The summed E-state index contributed by atoms with van der Waals surface area (Å²) in [4.78, 5) is 23.2. The third kappa shape index (κ3) is 3.00. The first-order valence-electron chi connectivity index (χ1n) is 8.09. The highest BCUT2D eigenvalue weighted by atomic mass is 16.3. The lowest BCUT2D eigenvalue weighted by Gasteiger charge is -2.32. The second kappa shape index (κ2) is 6.14. The van der Waals surface area contributed by atoms with Crippen molar-refractivity contribution in [2.75, 3.05) is 13.1 Å². The molecule has 23 heavy (non-hydrogen) atoms. The van der Waals surface area contributed by atoms with Crippen molar-refractivity contribution in [3.63, 3.8) is 0 Å². The summed E-state index contributed by atoms with van der Waals surface area (Å²) in [6.45, 7) is 9.21. The number of hydrogen-bond acceptors (Lipinski definition) is 5. The Balaban J connectivity index is 1.79. The van der Waals surface area contributed by atoms with Crippen molar-refractivity contribution in [2.45, 2.75) is 52.5 Å². The highest BCUT2D eigenvalue weighted by molar-refractivity contribution is 5.93. The Morgan fingerprint density at radius 3 is 2.83 bits per heavy atom. The third-order valence-electron chi connectivity index (χ3n) is 4.26. The largest absolute Gasteiger partial charge is 0.447 e. The lowest BCUT2D eigenvalue weighted by molar-refractivity contribution is 0.0663. The molecule has 0 N–H and O–H groups in total. The lowest BCUT2D eigenvalue weighted by atomic mass is 10.0. The van der Waals surface area contributed by atoms with Crippen LogP contribution in [0.15, 0.2) is 10.8 Å². The number of amides is 1. The number of likely N-dealkylation sites (tertiary alicyclic amines) is 1. The maximum Gasteiger partial charge on any atom is 0.276 e. The molecule has 3 rings (SSSR count). The van der Waals surface area contributed by atoms with Crippen molar-refractivity contribution in [2.24, 2.45) is 0 Å². The summed E-state index contributed by atoms with van der Waals surface area (Å²) < 4.78 is 7.33. The maximum atomic E-state index is 12.8. The van der Waals surface area contributed by atoms with E-state index in [4.69, 9.17) is 4.42 Å². The van der Waals surface area contributed by atoms with Gasteiger partial charge in [0.1, 0.15) is 17.4 Å². The Morgan fingerprint density at radius 2 is 2.17 bits per heavy atom. The Bertz CT molecular complexity index is 703. The molecule has 1 amide bonds. The number of hydrogen-bond donors (Lipinski definition) is 0. The van der Waals surface area contributed by atoms with Gasteiger partial charge < -0.3 is 9.32 Å². The van der Waals surface area contributed by atoms with Crippen molar-refractivity contribution in [3.8, 4) is 0 Å². The number of nitrogens with zero attached hydrogens (tertiary/aromatic N) is 5. The van der Waals surface area contributed by atoms with Crippen LogP contribution in [-0.2, 0) is 0 Å². The third-order valence-corrected chi connectivity index (χ3v) is 4.26. The molecular weight excluding hydrogens is 294 g/mol. The molecule has 1 atom stereocenters. The van der Waals surface area contributed by atoms with Gasteiger partial charge in [-0.25, -0.2) is 14.6 Å². The van der Waals surface area contributed by atoms with Crippen molar-refractivity contribution in [1.29, 1.82) is 0 Å². The first-order chi connectivity index (χ1) is 11.0. The second-order valence-corrected chi connectivity index (χ2v) is 6.42. The van der Waals surface area contributed by atoms with Gasteiger partial charge in [0.2, 0.25) is 0 Å². The van der Waals surface area contributed by atoms with Crippen LogP contribution < -0.4 is 0 Å². The number of carbonyl (C=O) groups is 1. The fourth-order valence-electron chi connectivity index (χ4n) is 3.20. The van der Waals surface area contributed by atoms with Crippen molar-refractivity contribution in [1.82, 2.24) is 24.6 Å². The smallest absolute Gasteiger partial charge is 0.276 e. The van der Waals surface area contributed by atoms with Gasteiger partial charge in [0.25, 0.3) is 5.91 Å². The van der Waals surface area contributed by atoms with Crippen LogP contribution in [0.4, 0.5) is 0 Å². The van der Waals surface area contributed by atoms with Gasteiger partial charge in [-0.05, 0) is 26.7 Å². The van der Waals surface area contributed by atoms with Gasteiger partial charge in [-0.15, -0.1) is 0 Å². The van der Waals surface area contributed by atoms with Gasteiger partial charge >= 0.3 is 0 Å². The van der Waals surface area contributed by atoms with Gasteiger partial charge in [0, 0.05) is 19.0 Å². The fourth-order valence-corrected chi connectivity index (χ4v) is 3.20. The Hall–Kier alpha value is -2.18. The molecule has 1 aliphatic heterocycles. The van der Waals surface area contributed by atoms with Crippen LogP contribution in [-0.4, -0.2) is 43.6 Å². The molecule has 1 fully saturated rings. The van der Waals surface area contributed by atoms with Crippen LogP contribution in [0.2, 0.25) is 0 Å². The number of rotatable bonds is 3. The maximum absolute atomic E-state index is 12.8. The van der Waals surface area contributed by atoms with E-state index in [1.165, 1.54) is 6.39 Å². The molecule has 0 aromatic carbocycles. The summed E-state index contributed by atoms with van der Waals surface area (Å²) in [6, 6.07) is 0.170. The zero-order valence-electron chi connectivity index (χ0n) is 14.1. The standard InChI is InChI=1S/C16H23N5O2/c1-10(2)15-14(17-9-23-15)16(22)20-7-5-6-13(8-20)21-12(4)18-11(3)19-21/h9-10,13H,5-8H2,1-4H3/t13-/m1/s1.